The molecular weight excluding hydrogens is 1400 g/mol. The van der Waals surface area contributed by atoms with E-state index in [4.69, 9.17) is 48.7 Å². The van der Waals surface area contributed by atoms with Gasteiger partial charge in [-0.15, -0.1) is 0 Å². The van der Waals surface area contributed by atoms with Crippen LogP contribution in [-0.4, -0.2) is 252 Å². The molecule has 2 aliphatic heterocycles. The first kappa shape index (κ1) is 85.8. The number of aliphatic hydroxyl groups excluding tert-OH is 6. The molecule has 7 amide bonds. The summed E-state index contributed by atoms with van der Waals surface area (Å²) >= 11 is 0. The van der Waals surface area contributed by atoms with Crippen molar-refractivity contribution in [2.75, 3.05) is 91.0 Å². The molecule has 2 heterocycles. The number of urea groups is 1. The highest BCUT2D eigenvalue weighted by Gasteiger charge is 2.83. The number of ketones is 4. The van der Waals surface area contributed by atoms with Gasteiger partial charge in [-0.1, -0.05) is 52.3 Å². The molecule has 1 saturated heterocycles. The summed E-state index contributed by atoms with van der Waals surface area (Å²) in [6, 6.07) is 3.91. The third-order valence-corrected chi connectivity index (χ3v) is 21.3. The van der Waals surface area contributed by atoms with E-state index in [2.05, 4.69) is 21.3 Å². The number of halogens is 2. The van der Waals surface area contributed by atoms with Crippen LogP contribution >= 0.6 is 0 Å². The SMILES string of the molecule is CCCC1O[C@]2(C(=O)COC(=O)OCc3ccc(NC(=O)[C@H](CCCNC(N)=O)CC(=O)[C@@H](NC(=O)[C@@H](CCC(=O)NC[C@H](O)[C@@H](O)[C@H](O)[C@H](O)CO)CC(=O)CCOCCOCCOCCOCCN4C(=O)C=CC4=O)C(C)C)cc3)[C@@](C)(C[C@H]3[C@@H]4C[C@H](F)C5=CC(=O)C=C[C@]5(C)[C@@]4(F)[C@@H](O)C[C@@]32C)O1. The molecule has 1 aromatic carbocycles. The topological polar surface area (TPSA) is 460 Å². The maximum atomic E-state index is 18.1. The summed E-state index contributed by atoms with van der Waals surface area (Å²) in [7, 11) is 0. The maximum absolute atomic E-state index is 18.1. The first-order chi connectivity index (χ1) is 50.2. The van der Waals surface area contributed by atoms with Crippen molar-refractivity contribution in [3.63, 3.8) is 0 Å². The van der Waals surface area contributed by atoms with Gasteiger partial charge in [0, 0.05) is 85.2 Å². The minimum absolute atomic E-state index is 0.0274. The van der Waals surface area contributed by atoms with Crippen molar-refractivity contribution in [2.45, 2.75) is 191 Å². The molecular formula is C73H104F2N6O25. The van der Waals surface area contributed by atoms with Crippen molar-refractivity contribution in [2.24, 2.45) is 46.2 Å². The van der Waals surface area contributed by atoms with E-state index < -0.39 is 210 Å². The van der Waals surface area contributed by atoms with Gasteiger partial charge < -0.3 is 95.5 Å². The number of nitrogens with one attached hydrogen (secondary N) is 4. The Morgan fingerprint density at radius 3 is 2.00 bits per heavy atom. The second-order valence-corrected chi connectivity index (χ2v) is 28.8. The van der Waals surface area contributed by atoms with Crippen LogP contribution in [0.3, 0.4) is 0 Å². The summed E-state index contributed by atoms with van der Waals surface area (Å²) in [5.74, 6) is -10.1. The van der Waals surface area contributed by atoms with Crippen LogP contribution in [-0.2, 0) is 87.7 Å². The molecule has 0 aromatic heterocycles. The molecule has 33 heteroatoms. The highest BCUT2D eigenvalue weighted by atomic mass is 19.1. The van der Waals surface area contributed by atoms with Crippen molar-refractivity contribution in [1.82, 2.24) is 20.9 Å². The number of ether oxygens (including phenoxy) is 8. The Labute approximate surface area is 613 Å². The third-order valence-electron chi connectivity index (χ3n) is 21.3. The van der Waals surface area contributed by atoms with E-state index in [0.29, 0.717) is 18.4 Å². The van der Waals surface area contributed by atoms with Gasteiger partial charge >= 0.3 is 12.2 Å². The number of amides is 7. The Kier molecular flexibility index (Phi) is 31.3. The average molecular weight is 1500 g/mol. The number of hydrogen-bond acceptors (Lipinski definition) is 25. The summed E-state index contributed by atoms with van der Waals surface area (Å²) in [5.41, 5.74) is -3.00. The molecule has 4 aliphatic carbocycles. The molecule has 31 nitrogen and oxygen atoms in total. The molecule has 4 fully saturated rings. The average Bonchev–Trinajstić information content (AvgIpc) is 1.47. The van der Waals surface area contributed by atoms with Crippen molar-refractivity contribution in [3.05, 3.63) is 65.8 Å². The lowest BCUT2D eigenvalue weighted by Crippen LogP contribution is -2.71. The molecule has 12 N–H and O–H groups in total. The fourth-order valence-corrected chi connectivity index (χ4v) is 15.7. The van der Waals surface area contributed by atoms with Crippen molar-refractivity contribution in [1.29, 1.82) is 0 Å². The minimum atomic E-state index is -2.45. The monoisotopic (exact) mass is 1500 g/mol. The Bertz CT molecular complexity index is 3360. The van der Waals surface area contributed by atoms with E-state index in [0.717, 1.165) is 11.0 Å². The molecule has 590 valence electrons. The smallest absolute Gasteiger partial charge is 0.429 e. The number of allylic oxidation sites excluding steroid dienone is 4. The zero-order valence-electron chi connectivity index (χ0n) is 60.8. The predicted octanol–water partition coefficient (Wildman–Crippen LogP) is 1.90. The Morgan fingerprint density at radius 1 is 0.755 bits per heavy atom. The van der Waals surface area contributed by atoms with E-state index in [1.165, 1.54) is 55.5 Å². The van der Waals surface area contributed by atoms with E-state index in [-0.39, 0.29) is 129 Å². The lowest BCUT2D eigenvalue weighted by Gasteiger charge is -2.63. The minimum Gasteiger partial charge on any atom is -0.429 e. The lowest BCUT2D eigenvalue weighted by molar-refractivity contribution is -0.234. The van der Waals surface area contributed by atoms with E-state index in [9.17, 15) is 78.3 Å². The van der Waals surface area contributed by atoms with Crippen LogP contribution in [0.2, 0.25) is 0 Å². The second kappa shape index (κ2) is 38.6. The predicted molar refractivity (Wildman–Crippen MR) is 369 cm³/mol. The first-order valence-corrected chi connectivity index (χ1v) is 36.1. The van der Waals surface area contributed by atoms with Crippen LogP contribution in [0.1, 0.15) is 124 Å². The number of carbonyl (C=O) groups is 11. The molecule has 0 radical (unpaired) electrons. The second-order valence-electron chi connectivity index (χ2n) is 28.8. The van der Waals surface area contributed by atoms with E-state index in [1.54, 1.807) is 27.7 Å². The molecule has 0 spiro atoms. The molecule has 7 rings (SSSR count). The Morgan fingerprint density at radius 2 is 1.38 bits per heavy atom. The fourth-order valence-electron chi connectivity index (χ4n) is 15.7. The summed E-state index contributed by atoms with van der Waals surface area (Å²) in [5, 5.41) is 71.8. The van der Waals surface area contributed by atoms with Crippen LogP contribution in [0.25, 0.3) is 0 Å². The Hall–Kier alpha value is -7.41. The number of hydrogen-bond donors (Lipinski definition) is 11. The molecule has 0 bridgehead atoms. The van der Waals surface area contributed by atoms with Crippen LogP contribution in [0.15, 0.2) is 60.2 Å². The van der Waals surface area contributed by atoms with Gasteiger partial charge in [0.25, 0.3) is 11.8 Å². The molecule has 17 atom stereocenters. The van der Waals surface area contributed by atoms with Crippen molar-refractivity contribution in [3.8, 4) is 0 Å². The number of nitrogens with two attached hydrogens (primary N) is 1. The summed E-state index contributed by atoms with van der Waals surface area (Å²) in [6.07, 6.45) is -8.48. The number of Topliss-reactive ketones (excluding diaryl/α,β-unsaturated/α-hetero) is 3. The number of carbonyl (C=O) groups excluding carboxylic acids is 11. The van der Waals surface area contributed by atoms with Crippen molar-refractivity contribution < 1.29 is 130 Å². The number of alkyl halides is 2. The molecule has 6 aliphatic rings. The van der Waals surface area contributed by atoms with Gasteiger partial charge in [-0.25, -0.2) is 18.4 Å². The number of aliphatic hydroxyl groups is 6. The maximum Gasteiger partial charge on any atom is 0.509 e. The van der Waals surface area contributed by atoms with Gasteiger partial charge in [0.05, 0.1) is 84.3 Å². The summed E-state index contributed by atoms with van der Waals surface area (Å²) in [6.45, 7) is 8.48. The van der Waals surface area contributed by atoms with Gasteiger partial charge in [-0.2, -0.15) is 0 Å². The highest BCUT2D eigenvalue weighted by Crippen LogP contribution is 2.74. The number of primary amides is 1. The first-order valence-electron chi connectivity index (χ1n) is 36.1. The molecule has 3 saturated carbocycles. The number of rotatable bonds is 45. The number of nitrogens with zero attached hydrogens (tertiary/aromatic N) is 1. The van der Waals surface area contributed by atoms with Crippen LogP contribution in [0, 0.1) is 40.4 Å². The normalized spacial score (nSPS) is 27.7. The van der Waals surface area contributed by atoms with Gasteiger partial charge in [0.2, 0.25) is 23.5 Å². The quantitative estimate of drug-likeness (QED) is 0.0252. The highest BCUT2D eigenvalue weighted by molar-refractivity contribution is 6.13. The Balaban J connectivity index is 0.925. The molecule has 106 heavy (non-hydrogen) atoms. The largest absolute Gasteiger partial charge is 0.509 e. The van der Waals surface area contributed by atoms with Gasteiger partial charge in [-0.05, 0) is 106 Å². The zero-order valence-corrected chi connectivity index (χ0v) is 60.8. The zero-order chi connectivity index (χ0) is 77.9. The lowest BCUT2D eigenvalue weighted by atomic mass is 9.44. The van der Waals surface area contributed by atoms with Crippen LogP contribution in [0.4, 0.5) is 24.1 Å². The number of imide groups is 1. The fraction of sp³-hybridized carbons (Fsp3) is 0.685. The standard InChI is InChI=1S/C73H104F2N6O25/c1-7-9-61-105-71(6)36-51-49-35-52(74)50-34-47(83)19-21-69(50,4)72(49,75)56(88)37-70(51,5)73(71,106-61)57(89)41-104-68(98)103-40-43-11-14-46(15-12-43)79-65(95)44(10-8-22-77-67(76)97)33-53(85)62(42(2)3)80-66(96)45(13-16-58(90)78-38-54(86)63(93)64(94)55(87)39-82)32-48(84)20-24-99-26-28-101-30-31-102-29-27-100-25-23-81-59(91)17-18-60(81)92/h11-12,14-15,17-19,21,34,42,44-45,49,51-52,54-56,61-64,82,86-88,93-94H,7-10,13,16,20,22-33,35-41H2,1-6H3,(H,78,90)(H,79,95)(H,80,96)(H3,76,77,97)/t44-,45+,49+,51+,52+,54+,55-,56+,61?,62+,63-,64-,69+,70+,71-,72+,73+/m1/s1. The molecule has 1 aromatic rings. The van der Waals surface area contributed by atoms with Gasteiger partial charge in [-0.3, -0.25) is 48.1 Å². The van der Waals surface area contributed by atoms with Crippen LogP contribution in [0.5, 0.6) is 0 Å². The summed E-state index contributed by atoms with van der Waals surface area (Å²) in [4.78, 5) is 146. The number of fused-ring (bicyclic) bond motifs is 7. The van der Waals surface area contributed by atoms with E-state index >= 15 is 8.78 Å². The van der Waals surface area contributed by atoms with Crippen LogP contribution < -0.4 is 27.0 Å². The van der Waals surface area contributed by atoms with Gasteiger partial charge in [0.1, 0.15) is 42.5 Å². The van der Waals surface area contributed by atoms with Crippen molar-refractivity contribution >= 4 is 70.5 Å². The third kappa shape index (κ3) is 20.5. The number of benzene rings is 1. The van der Waals surface area contributed by atoms with E-state index in [1.807, 2.05) is 6.92 Å². The summed E-state index contributed by atoms with van der Waals surface area (Å²) < 4.78 is 80.4. The molecule has 1 unspecified atom stereocenters. The number of anilines is 1. The van der Waals surface area contributed by atoms with Gasteiger partial charge in [0.15, 0.2) is 35.7 Å².